The molecule has 1 rings (SSSR count). The molecule has 0 N–H and O–H groups in total. The molecule has 100 valence electrons. The average Bonchev–Trinajstić information content (AvgIpc) is 2.26. The lowest BCUT2D eigenvalue weighted by Gasteiger charge is -2.20. The van der Waals surface area contributed by atoms with Gasteiger partial charge >= 0.3 is 0 Å². The van der Waals surface area contributed by atoms with Gasteiger partial charge in [0.05, 0.1) is 11.9 Å². The summed E-state index contributed by atoms with van der Waals surface area (Å²) in [5.74, 6) is -0.154. The van der Waals surface area contributed by atoms with E-state index < -0.39 is 10.0 Å². The summed E-state index contributed by atoms with van der Waals surface area (Å²) in [7, 11) is 1.45. The standard InChI is InChI=1S/C12H18N2O3S/c1-9-6-7-10(12(15)13(2)3)8-11(9)14(4)18(5,16)17/h6-8H,1-5H3. The van der Waals surface area contributed by atoms with Crippen LogP contribution in [0.2, 0.25) is 0 Å². The Hall–Kier alpha value is -1.56. The molecule has 1 amide bonds. The van der Waals surface area contributed by atoms with Crippen molar-refractivity contribution in [2.24, 2.45) is 0 Å². The van der Waals surface area contributed by atoms with E-state index in [2.05, 4.69) is 0 Å². The van der Waals surface area contributed by atoms with E-state index in [1.54, 1.807) is 39.2 Å². The SMILES string of the molecule is Cc1ccc(C(=O)N(C)C)cc1N(C)S(C)(=O)=O. The van der Waals surface area contributed by atoms with Crippen LogP contribution in [0.1, 0.15) is 15.9 Å². The van der Waals surface area contributed by atoms with Crippen LogP contribution in [0.15, 0.2) is 18.2 Å². The molecule has 0 aliphatic rings. The molecular formula is C12H18N2O3S. The van der Waals surface area contributed by atoms with Crippen molar-refractivity contribution in [3.63, 3.8) is 0 Å². The third kappa shape index (κ3) is 3.01. The van der Waals surface area contributed by atoms with Gasteiger partial charge in [0, 0.05) is 26.7 Å². The number of anilines is 1. The molecule has 0 unspecified atom stereocenters. The normalized spacial score (nSPS) is 11.2. The summed E-state index contributed by atoms with van der Waals surface area (Å²) in [5.41, 5.74) is 1.79. The zero-order chi connectivity index (χ0) is 14.1. The van der Waals surface area contributed by atoms with Gasteiger partial charge < -0.3 is 4.90 Å². The quantitative estimate of drug-likeness (QED) is 0.826. The second-order valence-electron chi connectivity index (χ2n) is 4.43. The maximum absolute atomic E-state index is 11.8. The minimum atomic E-state index is -3.33. The molecule has 18 heavy (non-hydrogen) atoms. The fourth-order valence-corrected chi connectivity index (χ4v) is 2.07. The van der Waals surface area contributed by atoms with Crippen LogP contribution < -0.4 is 4.31 Å². The smallest absolute Gasteiger partial charge is 0.253 e. The number of carbonyl (C=O) groups is 1. The number of aryl methyl sites for hydroxylation is 1. The Bertz CT molecular complexity index is 565. The first-order valence-corrected chi connectivity index (χ1v) is 7.25. The maximum Gasteiger partial charge on any atom is 0.253 e. The Morgan fingerprint density at radius 2 is 1.72 bits per heavy atom. The van der Waals surface area contributed by atoms with Crippen LogP contribution in [-0.2, 0) is 10.0 Å². The topological polar surface area (TPSA) is 57.7 Å². The highest BCUT2D eigenvalue weighted by atomic mass is 32.2. The third-order valence-electron chi connectivity index (χ3n) is 2.70. The van der Waals surface area contributed by atoms with E-state index in [1.165, 1.54) is 16.3 Å². The number of sulfonamides is 1. The Kier molecular flexibility index (Phi) is 4.01. The first-order valence-electron chi connectivity index (χ1n) is 5.41. The number of hydrogen-bond acceptors (Lipinski definition) is 3. The molecule has 0 radical (unpaired) electrons. The van der Waals surface area contributed by atoms with E-state index in [0.717, 1.165) is 11.8 Å². The van der Waals surface area contributed by atoms with Crippen LogP contribution in [0.3, 0.4) is 0 Å². The van der Waals surface area contributed by atoms with E-state index >= 15 is 0 Å². The molecule has 0 atom stereocenters. The summed E-state index contributed by atoms with van der Waals surface area (Å²) >= 11 is 0. The van der Waals surface area contributed by atoms with E-state index in [0.29, 0.717) is 11.3 Å². The lowest BCUT2D eigenvalue weighted by Crippen LogP contribution is -2.27. The molecular weight excluding hydrogens is 252 g/mol. The minimum absolute atomic E-state index is 0.154. The number of carbonyl (C=O) groups excluding carboxylic acids is 1. The van der Waals surface area contributed by atoms with Crippen LogP contribution in [0.5, 0.6) is 0 Å². The molecule has 5 nitrogen and oxygen atoms in total. The van der Waals surface area contributed by atoms with Gasteiger partial charge in [0.1, 0.15) is 0 Å². The van der Waals surface area contributed by atoms with Crippen LogP contribution in [-0.4, -0.2) is 46.6 Å². The first-order chi connectivity index (χ1) is 8.14. The summed E-state index contributed by atoms with van der Waals surface area (Å²) < 4.78 is 24.2. The zero-order valence-electron chi connectivity index (χ0n) is 11.3. The Morgan fingerprint density at radius 3 is 2.17 bits per heavy atom. The maximum atomic E-state index is 11.8. The van der Waals surface area contributed by atoms with Gasteiger partial charge in [0.15, 0.2) is 0 Å². The van der Waals surface area contributed by atoms with Gasteiger partial charge in [0.2, 0.25) is 10.0 Å². The van der Waals surface area contributed by atoms with Crippen LogP contribution >= 0.6 is 0 Å². The van der Waals surface area contributed by atoms with Crippen molar-refractivity contribution < 1.29 is 13.2 Å². The molecule has 0 aromatic heterocycles. The van der Waals surface area contributed by atoms with Gasteiger partial charge in [-0.05, 0) is 24.6 Å². The molecule has 0 fully saturated rings. The predicted octanol–water partition coefficient (Wildman–Crippen LogP) is 1.09. The number of benzene rings is 1. The fraction of sp³-hybridized carbons (Fsp3) is 0.417. The van der Waals surface area contributed by atoms with Crippen molar-refractivity contribution in [3.8, 4) is 0 Å². The van der Waals surface area contributed by atoms with Gasteiger partial charge in [-0.25, -0.2) is 8.42 Å². The molecule has 6 heteroatoms. The average molecular weight is 270 g/mol. The second kappa shape index (κ2) is 4.97. The number of nitrogens with zero attached hydrogens (tertiary/aromatic N) is 2. The lowest BCUT2D eigenvalue weighted by atomic mass is 10.1. The molecule has 0 aliphatic heterocycles. The number of amides is 1. The monoisotopic (exact) mass is 270 g/mol. The van der Waals surface area contributed by atoms with Crippen LogP contribution in [0.25, 0.3) is 0 Å². The zero-order valence-corrected chi connectivity index (χ0v) is 12.1. The lowest BCUT2D eigenvalue weighted by molar-refractivity contribution is 0.0827. The molecule has 0 spiro atoms. The van der Waals surface area contributed by atoms with Crippen molar-refractivity contribution in [2.45, 2.75) is 6.92 Å². The van der Waals surface area contributed by atoms with Crippen LogP contribution in [0.4, 0.5) is 5.69 Å². The molecule has 0 saturated heterocycles. The van der Waals surface area contributed by atoms with Crippen molar-refractivity contribution in [2.75, 3.05) is 31.7 Å². The largest absolute Gasteiger partial charge is 0.345 e. The predicted molar refractivity (Wildman–Crippen MR) is 72.4 cm³/mol. The molecule has 0 bridgehead atoms. The summed E-state index contributed by atoms with van der Waals surface area (Å²) in [6.45, 7) is 1.81. The third-order valence-corrected chi connectivity index (χ3v) is 3.89. The minimum Gasteiger partial charge on any atom is -0.345 e. The summed E-state index contributed by atoms with van der Waals surface area (Å²) in [6.07, 6.45) is 1.13. The van der Waals surface area contributed by atoms with Gasteiger partial charge in [-0.2, -0.15) is 0 Å². The van der Waals surface area contributed by atoms with E-state index in [1.807, 2.05) is 0 Å². The summed E-state index contributed by atoms with van der Waals surface area (Å²) in [5, 5.41) is 0. The van der Waals surface area contributed by atoms with Crippen LogP contribution in [0, 0.1) is 6.92 Å². The number of rotatable bonds is 3. The van der Waals surface area contributed by atoms with E-state index in [9.17, 15) is 13.2 Å². The second-order valence-corrected chi connectivity index (χ2v) is 6.45. The summed E-state index contributed by atoms with van der Waals surface area (Å²) in [6, 6.07) is 5.03. The summed E-state index contributed by atoms with van der Waals surface area (Å²) in [4.78, 5) is 13.3. The van der Waals surface area contributed by atoms with Gasteiger partial charge in [-0.15, -0.1) is 0 Å². The van der Waals surface area contributed by atoms with Crippen molar-refractivity contribution in [1.29, 1.82) is 0 Å². The molecule has 0 aliphatic carbocycles. The highest BCUT2D eigenvalue weighted by Gasteiger charge is 2.17. The number of hydrogen-bond donors (Lipinski definition) is 0. The first kappa shape index (κ1) is 14.5. The van der Waals surface area contributed by atoms with Crippen molar-refractivity contribution in [1.82, 2.24) is 4.90 Å². The molecule has 1 aromatic rings. The fourth-order valence-electron chi connectivity index (χ4n) is 1.52. The Morgan fingerprint density at radius 1 is 1.17 bits per heavy atom. The molecule has 0 heterocycles. The van der Waals surface area contributed by atoms with Gasteiger partial charge in [-0.3, -0.25) is 9.10 Å². The Balaban J connectivity index is 3.30. The van der Waals surface area contributed by atoms with Crippen molar-refractivity contribution >= 4 is 21.6 Å². The molecule has 1 aromatic carbocycles. The van der Waals surface area contributed by atoms with E-state index in [4.69, 9.17) is 0 Å². The van der Waals surface area contributed by atoms with E-state index in [-0.39, 0.29) is 5.91 Å². The van der Waals surface area contributed by atoms with Crippen molar-refractivity contribution in [3.05, 3.63) is 29.3 Å². The Labute approximate surface area is 108 Å². The molecule has 0 saturated carbocycles. The van der Waals surface area contributed by atoms with Gasteiger partial charge in [-0.1, -0.05) is 6.07 Å². The van der Waals surface area contributed by atoms with Gasteiger partial charge in [0.25, 0.3) is 5.91 Å². The highest BCUT2D eigenvalue weighted by Crippen LogP contribution is 2.23. The highest BCUT2D eigenvalue weighted by molar-refractivity contribution is 7.92.